The molecule has 0 spiro atoms. The number of para-hydroxylation sites is 1. The smallest absolute Gasteiger partial charge is 0.423 e. The number of aromatic nitrogens is 5. The summed E-state index contributed by atoms with van der Waals surface area (Å²) in [6, 6.07) is 14.8. The first-order chi connectivity index (χ1) is 14.0. The summed E-state index contributed by atoms with van der Waals surface area (Å²) in [6.07, 6.45) is 0. The fourth-order valence-corrected chi connectivity index (χ4v) is 2.93. The molecule has 0 atom stereocenters. The van der Waals surface area contributed by atoms with E-state index in [-0.39, 0.29) is 0 Å². The molecule has 0 fully saturated rings. The SMILES string of the molecule is CN(C)c1nc(NCc2cccc(B(O)O)c2)nc(-c2n[nH]c3ccccc23)n1. The Labute approximate surface area is 167 Å². The average Bonchev–Trinajstić information content (AvgIpc) is 3.16. The van der Waals surface area contributed by atoms with Crippen LogP contribution in [-0.4, -0.2) is 56.4 Å². The molecule has 0 aliphatic rings. The van der Waals surface area contributed by atoms with Crippen molar-refractivity contribution in [1.82, 2.24) is 25.1 Å². The van der Waals surface area contributed by atoms with Gasteiger partial charge in [-0.25, -0.2) is 0 Å². The summed E-state index contributed by atoms with van der Waals surface area (Å²) in [4.78, 5) is 15.3. The van der Waals surface area contributed by atoms with E-state index in [2.05, 4.69) is 30.5 Å². The zero-order valence-electron chi connectivity index (χ0n) is 16.0. The molecule has 0 unspecified atom stereocenters. The van der Waals surface area contributed by atoms with E-state index in [0.717, 1.165) is 16.5 Å². The third kappa shape index (κ3) is 4.03. The molecule has 4 N–H and O–H groups in total. The number of rotatable bonds is 6. The number of H-pyrrole nitrogens is 1. The third-order valence-corrected chi connectivity index (χ3v) is 4.41. The van der Waals surface area contributed by atoms with Gasteiger partial charge in [0, 0.05) is 26.0 Å². The zero-order valence-corrected chi connectivity index (χ0v) is 16.0. The Hall–Kier alpha value is -3.50. The Kier molecular flexibility index (Phi) is 5.11. The van der Waals surface area contributed by atoms with Crippen molar-refractivity contribution < 1.29 is 10.0 Å². The molecule has 0 saturated carbocycles. The molecule has 0 bridgehead atoms. The number of aromatic amines is 1. The van der Waals surface area contributed by atoms with Crippen LogP contribution in [0.1, 0.15) is 5.56 Å². The number of nitrogens with one attached hydrogen (secondary N) is 2. The highest BCUT2D eigenvalue weighted by Crippen LogP contribution is 2.25. The monoisotopic (exact) mass is 389 g/mol. The highest BCUT2D eigenvalue weighted by molar-refractivity contribution is 6.58. The Morgan fingerprint density at radius 2 is 1.86 bits per heavy atom. The number of fused-ring (bicyclic) bond motifs is 1. The van der Waals surface area contributed by atoms with Gasteiger partial charge in [0.05, 0.1) is 5.52 Å². The number of benzene rings is 2. The van der Waals surface area contributed by atoms with Crippen LogP contribution < -0.4 is 15.7 Å². The lowest BCUT2D eigenvalue weighted by Gasteiger charge is -2.13. The van der Waals surface area contributed by atoms with E-state index in [1.807, 2.05) is 44.4 Å². The molecule has 0 saturated heterocycles. The topological polar surface area (TPSA) is 123 Å². The molecular formula is C19H20BN7O2. The highest BCUT2D eigenvalue weighted by Gasteiger charge is 2.15. The van der Waals surface area contributed by atoms with Crippen LogP contribution in [0.3, 0.4) is 0 Å². The van der Waals surface area contributed by atoms with E-state index < -0.39 is 7.12 Å². The molecule has 0 radical (unpaired) electrons. The standard InChI is InChI=1S/C19H20BN7O2/c1-27(2)19-23-17(16-14-8-3-4-9-15(14)25-26-16)22-18(24-19)21-11-12-6-5-7-13(10-12)20(28)29/h3-10,28-29H,11H2,1-2H3,(H,25,26)(H,21,22,23,24). The van der Waals surface area contributed by atoms with Crippen molar-refractivity contribution in [2.75, 3.05) is 24.3 Å². The lowest BCUT2D eigenvalue weighted by molar-refractivity contribution is 0.425. The Morgan fingerprint density at radius 1 is 1.03 bits per heavy atom. The van der Waals surface area contributed by atoms with Crippen LogP contribution in [0, 0.1) is 0 Å². The molecule has 4 rings (SSSR count). The normalized spacial score (nSPS) is 10.9. The van der Waals surface area contributed by atoms with Gasteiger partial charge in [0.1, 0.15) is 5.69 Å². The predicted molar refractivity (Wildman–Crippen MR) is 113 cm³/mol. The second-order valence-corrected chi connectivity index (χ2v) is 6.77. The number of anilines is 2. The first kappa shape index (κ1) is 18.8. The van der Waals surface area contributed by atoms with Crippen LogP contribution in [-0.2, 0) is 6.54 Å². The van der Waals surface area contributed by atoms with Crippen molar-refractivity contribution in [3.8, 4) is 11.5 Å². The van der Waals surface area contributed by atoms with E-state index in [0.29, 0.717) is 35.4 Å². The van der Waals surface area contributed by atoms with Crippen LogP contribution in [0.2, 0.25) is 0 Å². The maximum atomic E-state index is 9.35. The Bertz CT molecular complexity index is 1150. The van der Waals surface area contributed by atoms with Gasteiger partial charge >= 0.3 is 7.12 Å². The van der Waals surface area contributed by atoms with Crippen LogP contribution in [0.5, 0.6) is 0 Å². The molecule has 9 nitrogen and oxygen atoms in total. The summed E-state index contributed by atoms with van der Waals surface area (Å²) in [7, 11) is 2.21. The molecule has 4 aromatic rings. The zero-order chi connectivity index (χ0) is 20.4. The second-order valence-electron chi connectivity index (χ2n) is 6.77. The van der Waals surface area contributed by atoms with E-state index in [4.69, 9.17) is 0 Å². The summed E-state index contributed by atoms with van der Waals surface area (Å²) < 4.78 is 0. The minimum Gasteiger partial charge on any atom is -0.423 e. The molecule has 10 heteroatoms. The third-order valence-electron chi connectivity index (χ3n) is 4.41. The minimum atomic E-state index is -1.51. The van der Waals surface area contributed by atoms with Crippen molar-refractivity contribution in [1.29, 1.82) is 0 Å². The maximum Gasteiger partial charge on any atom is 0.488 e. The molecule has 0 aliphatic carbocycles. The van der Waals surface area contributed by atoms with Crippen LogP contribution in [0.15, 0.2) is 48.5 Å². The average molecular weight is 389 g/mol. The quantitative estimate of drug-likeness (QED) is 0.357. The summed E-state index contributed by atoms with van der Waals surface area (Å²) in [5, 5.41) is 30.2. The minimum absolute atomic E-state index is 0.403. The Morgan fingerprint density at radius 3 is 2.66 bits per heavy atom. The van der Waals surface area contributed by atoms with E-state index in [1.54, 1.807) is 23.1 Å². The van der Waals surface area contributed by atoms with Crippen molar-refractivity contribution in [3.63, 3.8) is 0 Å². The van der Waals surface area contributed by atoms with Gasteiger partial charge in [0.2, 0.25) is 11.9 Å². The van der Waals surface area contributed by atoms with Crippen LogP contribution in [0.4, 0.5) is 11.9 Å². The van der Waals surface area contributed by atoms with Gasteiger partial charge in [0.15, 0.2) is 5.82 Å². The molecular weight excluding hydrogens is 369 g/mol. The van der Waals surface area contributed by atoms with Crippen molar-refractivity contribution >= 4 is 35.4 Å². The molecule has 2 aromatic carbocycles. The van der Waals surface area contributed by atoms with Gasteiger partial charge < -0.3 is 20.3 Å². The predicted octanol–water partition coefficient (Wildman–Crippen LogP) is 0.773. The van der Waals surface area contributed by atoms with Crippen molar-refractivity contribution in [2.24, 2.45) is 0 Å². The summed E-state index contributed by atoms with van der Waals surface area (Å²) in [5.41, 5.74) is 2.86. The lowest BCUT2D eigenvalue weighted by atomic mass is 9.80. The summed E-state index contributed by atoms with van der Waals surface area (Å²) >= 11 is 0. The number of hydrogen-bond donors (Lipinski definition) is 4. The van der Waals surface area contributed by atoms with Gasteiger partial charge in [-0.3, -0.25) is 5.10 Å². The van der Waals surface area contributed by atoms with Gasteiger partial charge in [-0.15, -0.1) is 0 Å². The van der Waals surface area contributed by atoms with Crippen molar-refractivity contribution in [2.45, 2.75) is 6.54 Å². The molecule has 0 amide bonds. The fraction of sp³-hybridized carbons (Fsp3) is 0.158. The molecule has 0 aliphatic heterocycles. The van der Waals surface area contributed by atoms with Gasteiger partial charge in [0.25, 0.3) is 0 Å². The first-order valence-corrected chi connectivity index (χ1v) is 9.07. The largest absolute Gasteiger partial charge is 0.488 e. The molecule has 146 valence electrons. The van der Waals surface area contributed by atoms with Crippen LogP contribution in [0.25, 0.3) is 22.4 Å². The molecule has 29 heavy (non-hydrogen) atoms. The Balaban J connectivity index is 1.66. The van der Waals surface area contributed by atoms with E-state index in [9.17, 15) is 10.0 Å². The van der Waals surface area contributed by atoms with Gasteiger partial charge in [-0.05, 0) is 17.1 Å². The first-order valence-electron chi connectivity index (χ1n) is 9.07. The number of hydrogen-bond acceptors (Lipinski definition) is 8. The second kappa shape index (κ2) is 7.86. The summed E-state index contributed by atoms with van der Waals surface area (Å²) in [6.45, 7) is 0.415. The fourth-order valence-electron chi connectivity index (χ4n) is 2.93. The number of nitrogens with zero attached hydrogens (tertiary/aromatic N) is 5. The van der Waals surface area contributed by atoms with E-state index >= 15 is 0 Å². The highest BCUT2D eigenvalue weighted by atomic mass is 16.4. The molecule has 2 heterocycles. The van der Waals surface area contributed by atoms with Gasteiger partial charge in [-0.1, -0.05) is 42.5 Å². The van der Waals surface area contributed by atoms with E-state index in [1.165, 1.54) is 0 Å². The summed E-state index contributed by atoms with van der Waals surface area (Å²) in [5.74, 6) is 1.37. The lowest BCUT2D eigenvalue weighted by Crippen LogP contribution is -2.30. The molecule has 2 aromatic heterocycles. The van der Waals surface area contributed by atoms with Crippen LogP contribution >= 0.6 is 0 Å². The van der Waals surface area contributed by atoms with Crippen molar-refractivity contribution in [3.05, 3.63) is 54.1 Å². The maximum absolute atomic E-state index is 9.35. The van der Waals surface area contributed by atoms with Gasteiger partial charge in [-0.2, -0.15) is 20.1 Å².